The molecule has 1 saturated heterocycles. The highest BCUT2D eigenvalue weighted by atomic mass is 32.2. The molecule has 32 heavy (non-hydrogen) atoms. The molecule has 4 rings (SSSR count). The number of nitrogens with one attached hydrogen (secondary N) is 1. The maximum absolute atomic E-state index is 13.2. The van der Waals surface area contributed by atoms with Crippen LogP contribution in [-0.2, 0) is 14.8 Å². The van der Waals surface area contributed by atoms with Crippen molar-refractivity contribution in [3.8, 4) is 17.2 Å². The van der Waals surface area contributed by atoms with E-state index in [1.54, 1.807) is 38.5 Å². The number of thiazole rings is 1. The number of benzene rings is 2. The molecule has 11 heteroatoms. The lowest BCUT2D eigenvalue weighted by Gasteiger charge is -2.23. The molecule has 1 aliphatic rings. The number of rotatable bonds is 7. The summed E-state index contributed by atoms with van der Waals surface area (Å²) in [7, 11) is 0.771. The molecular weight excluding hydrogens is 454 g/mol. The summed E-state index contributed by atoms with van der Waals surface area (Å²) >= 11 is 1.24. The van der Waals surface area contributed by atoms with Crippen LogP contribution >= 0.6 is 11.3 Å². The molecule has 0 radical (unpaired) electrons. The fourth-order valence-corrected chi connectivity index (χ4v) is 6.33. The number of sulfonamides is 1. The van der Waals surface area contributed by atoms with Crippen molar-refractivity contribution in [1.82, 2.24) is 9.29 Å². The van der Waals surface area contributed by atoms with Gasteiger partial charge in [0.2, 0.25) is 15.9 Å². The first-order valence-electron chi connectivity index (χ1n) is 9.87. The molecule has 1 amide bonds. The molecule has 1 unspecified atom stereocenters. The van der Waals surface area contributed by atoms with Crippen molar-refractivity contribution >= 4 is 42.6 Å². The first-order valence-corrected chi connectivity index (χ1v) is 12.1. The summed E-state index contributed by atoms with van der Waals surface area (Å²) in [5.74, 6) is 1.31. The van der Waals surface area contributed by atoms with Gasteiger partial charge >= 0.3 is 0 Å². The number of hydrogen-bond acceptors (Lipinski definition) is 8. The Morgan fingerprint density at radius 2 is 1.75 bits per heavy atom. The average molecular weight is 478 g/mol. The van der Waals surface area contributed by atoms with Gasteiger partial charge in [-0.05, 0) is 49.2 Å². The third kappa shape index (κ3) is 3.98. The predicted molar refractivity (Wildman–Crippen MR) is 121 cm³/mol. The van der Waals surface area contributed by atoms with Crippen LogP contribution in [-0.4, -0.2) is 57.5 Å². The van der Waals surface area contributed by atoms with Crippen LogP contribution in [0.1, 0.15) is 12.8 Å². The Balaban J connectivity index is 1.59. The topological polar surface area (TPSA) is 107 Å². The van der Waals surface area contributed by atoms with Gasteiger partial charge in [-0.1, -0.05) is 11.3 Å². The van der Waals surface area contributed by atoms with E-state index in [2.05, 4.69) is 10.3 Å². The number of amides is 1. The van der Waals surface area contributed by atoms with Crippen molar-refractivity contribution in [2.75, 3.05) is 33.2 Å². The largest absolute Gasteiger partial charge is 0.497 e. The Labute approximate surface area is 190 Å². The third-order valence-corrected chi connectivity index (χ3v) is 8.22. The van der Waals surface area contributed by atoms with Crippen LogP contribution in [0, 0.1) is 0 Å². The molecule has 0 aliphatic carbocycles. The lowest BCUT2D eigenvalue weighted by atomic mass is 10.2. The second-order valence-corrected chi connectivity index (χ2v) is 10.00. The Kier molecular flexibility index (Phi) is 6.22. The summed E-state index contributed by atoms with van der Waals surface area (Å²) < 4.78 is 44.1. The molecular formula is C21H23N3O6S2. The summed E-state index contributed by atoms with van der Waals surface area (Å²) in [6.07, 6.45) is 1.02. The predicted octanol–water partition coefficient (Wildman–Crippen LogP) is 3.11. The first-order chi connectivity index (χ1) is 15.4. The van der Waals surface area contributed by atoms with Crippen LogP contribution in [0.5, 0.6) is 17.2 Å². The van der Waals surface area contributed by atoms with Crippen LogP contribution in [0.3, 0.4) is 0 Å². The number of aromatic nitrogens is 1. The Morgan fingerprint density at radius 3 is 2.41 bits per heavy atom. The van der Waals surface area contributed by atoms with E-state index in [0.717, 1.165) is 4.70 Å². The SMILES string of the molecule is COc1ccc(S(=O)(=O)N2CCCC2C(=O)Nc2nc3c(OC)ccc(OC)c3s2)cc1. The maximum Gasteiger partial charge on any atom is 0.244 e. The monoisotopic (exact) mass is 477 g/mol. The van der Waals surface area contributed by atoms with Gasteiger partial charge in [-0.25, -0.2) is 13.4 Å². The van der Waals surface area contributed by atoms with E-state index in [9.17, 15) is 13.2 Å². The van der Waals surface area contributed by atoms with E-state index in [0.29, 0.717) is 40.7 Å². The van der Waals surface area contributed by atoms with Crippen molar-refractivity contribution in [2.24, 2.45) is 0 Å². The summed E-state index contributed by atoms with van der Waals surface area (Å²) in [6.45, 7) is 0.272. The number of ether oxygens (including phenoxy) is 3. The van der Waals surface area contributed by atoms with Crippen LogP contribution in [0.25, 0.3) is 10.2 Å². The van der Waals surface area contributed by atoms with Gasteiger partial charge < -0.3 is 19.5 Å². The highest BCUT2D eigenvalue weighted by molar-refractivity contribution is 7.89. The van der Waals surface area contributed by atoms with E-state index < -0.39 is 22.0 Å². The lowest BCUT2D eigenvalue weighted by molar-refractivity contribution is -0.119. The molecule has 0 saturated carbocycles. The van der Waals surface area contributed by atoms with E-state index in [4.69, 9.17) is 14.2 Å². The van der Waals surface area contributed by atoms with E-state index in [1.165, 1.54) is 34.9 Å². The molecule has 170 valence electrons. The van der Waals surface area contributed by atoms with Gasteiger partial charge in [-0.15, -0.1) is 0 Å². The number of carbonyl (C=O) groups excluding carboxylic acids is 1. The number of carbonyl (C=O) groups is 1. The van der Waals surface area contributed by atoms with Crippen LogP contribution in [0.15, 0.2) is 41.3 Å². The smallest absolute Gasteiger partial charge is 0.244 e. The minimum atomic E-state index is -3.84. The van der Waals surface area contributed by atoms with Gasteiger partial charge in [0.25, 0.3) is 0 Å². The number of fused-ring (bicyclic) bond motifs is 1. The number of hydrogen-bond donors (Lipinski definition) is 1. The average Bonchev–Trinajstić information content (AvgIpc) is 3.46. The zero-order valence-electron chi connectivity index (χ0n) is 17.8. The van der Waals surface area contributed by atoms with Gasteiger partial charge in [-0.3, -0.25) is 4.79 Å². The van der Waals surface area contributed by atoms with Crippen LogP contribution in [0.2, 0.25) is 0 Å². The van der Waals surface area contributed by atoms with Crippen molar-refractivity contribution in [3.05, 3.63) is 36.4 Å². The quantitative estimate of drug-likeness (QED) is 0.557. The second-order valence-electron chi connectivity index (χ2n) is 7.11. The van der Waals surface area contributed by atoms with Gasteiger partial charge in [0.05, 0.1) is 26.2 Å². The van der Waals surface area contributed by atoms with Crippen LogP contribution in [0.4, 0.5) is 5.13 Å². The van der Waals surface area contributed by atoms with Crippen molar-refractivity contribution in [3.63, 3.8) is 0 Å². The lowest BCUT2D eigenvalue weighted by Crippen LogP contribution is -2.43. The summed E-state index contributed by atoms with van der Waals surface area (Å²) in [4.78, 5) is 17.6. The molecule has 2 heterocycles. The number of nitrogens with zero attached hydrogens (tertiary/aromatic N) is 2. The minimum absolute atomic E-state index is 0.118. The van der Waals surface area contributed by atoms with Gasteiger partial charge in [0.15, 0.2) is 5.13 Å². The summed E-state index contributed by atoms with van der Waals surface area (Å²) in [6, 6.07) is 8.82. The first kappa shape index (κ1) is 22.3. The zero-order chi connectivity index (χ0) is 22.9. The molecule has 0 bridgehead atoms. The molecule has 0 spiro atoms. The highest BCUT2D eigenvalue weighted by Crippen LogP contribution is 2.39. The highest BCUT2D eigenvalue weighted by Gasteiger charge is 2.39. The van der Waals surface area contributed by atoms with Gasteiger partial charge in [0, 0.05) is 6.54 Å². The third-order valence-electron chi connectivity index (χ3n) is 5.31. The molecule has 1 aliphatic heterocycles. The Hall–Kier alpha value is -2.89. The molecule has 2 aromatic carbocycles. The van der Waals surface area contributed by atoms with Gasteiger partial charge in [-0.2, -0.15) is 4.31 Å². The van der Waals surface area contributed by atoms with E-state index in [-0.39, 0.29) is 11.4 Å². The zero-order valence-corrected chi connectivity index (χ0v) is 19.5. The molecule has 1 aromatic heterocycles. The van der Waals surface area contributed by atoms with E-state index in [1.807, 2.05) is 0 Å². The standard InChI is InChI=1S/C21H23N3O6S2/c1-28-13-6-8-14(9-7-13)32(26,27)24-12-4-5-15(24)20(25)23-21-22-18-16(29-2)10-11-17(30-3)19(18)31-21/h6-11,15H,4-5,12H2,1-3H3,(H,22,23,25). The molecule has 3 aromatic rings. The van der Waals surface area contributed by atoms with Crippen molar-refractivity contribution in [2.45, 2.75) is 23.8 Å². The Bertz CT molecular complexity index is 1200. The fourth-order valence-electron chi connectivity index (χ4n) is 3.70. The van der Waals surface area contributed by atoms with Gasteiger partial charge in [0.1, 0.15) is 33.5 Å². The van der Waals surface area contributed by atoms with Crippen molar-refractivity contribution in [1.29, 1.82) is 0 Å². The van der Waals surface area contributed by atoms with Crippen molar-refractivity contribution < 1.29 is 27.4 Å². The second kappa shape index (κ2) is 8.93. The number of anilines is 1. The number of methoxy groups -OCH3 is 3. The molecule has 1 fully saturated rings. The Morgan fingerprint density at radius 1 is 1.06 bits per heavy atom. The molecule has 1 N–H and O–H groups in total. The fraction of sp³-hybridized carbons (Fsp3) is 0.333. The normalized spacial score (nSPS) is 16.8. The van der Waals surface area contributed by atoms with Crippen LogP contribution < -0.4 is 19.5 Å². The maximum atomic E-state index is 13.2. The molecule has 1 atom stereocenters. The molecule has 9 nitrogen and oxygen atoms in total. The van der Waals surface area contributed by atoms with E-state index >= 15 is 0 Å². The minimum Gasteiger partial charge on any atom is -0.497 e. The summed E-state index contributed by atoms with van der Waals surface area (Å²) in [5, 5.41) is 3.13. The summed E-state index contributed by atoms with van der Waals surface area (Å²) in [5.41, 5.74) is 0.571.